The molecule has 4 heteroatoms. The Morgan fingerprint density at radius 2 is 1.09 bits per heavy atom. The Kier molecular flexibility index (Phi) is 20.6. The molecule has 32 heavy (non-hydrogen) atoms. The van der Waals surface area contributed by atoms with Crippen LogP contribution in [0.4, 0.5) is 0 Å². The molecule has 0 aliphatic carbocycles. The quantitative estimate of drug-likeness (QED) is 0.0834. The van der Waals surface area contributed by atoms with E-state index in [1.54, 1.807) is 14.2 Å². The molecule has 0 amide bonds. The van der Waals surface area contributed by atoms with Crippen molar-refractivity contribution in [1.29, 1.82) is 0 Å². The first-order valence-electron chi connectivity index (χ1n) is 13.7. The summed E-state index contributed by atoms with van der Waals surface area (Å²) in [6.45, 7) is 11.0. The van der Waals surface area contributed by atoms with Crippen LogP contribution in [0.15, 0.2) is 0 Å². The van der Waals surface area contributed by atoms with Gasteiger partial charge in [-0.25, -0.2) is 0 Å². The van der Waals surface area contributed by atoms with Gasteiger partial charge < -0.3 is 14.2 Å². The maximum atomic E-state index is 6.62. The molecule has 0 aromatic heterocycles. The Labute approximate surface area is 206 Å². The number of alkyl halides is 1. The van der Waals surface area contributed by atoms with Crippen molar-refractivity contribution in [3.8, 4) is 0 Å². The molecule has 0 fully saturated rings. The standard InChI is InChI=1S/C28H57ClO3/c1-7-8-9-10-14-17-21-26(28(29,30-5)31-6)22-20-25-32-24-19-16-13-11-12-15-18-23-27(2,3)4/h26H,7-25H2,1-6H3. The van der Waals surface area contributed by atoms with E-state index in [4.69, 9.17) is 25.8 Å². The summed E-state index contributed by atoms with van der Waals surface area (Å²) in [4.78, 5) is 0. The fraction of sp³-hybridized carbons (Fsp3) is 1.00. The lowest BCUT2D eigenvalue weighted by atomic mass is 9.89. The zero-order chi connectivity index (χ0) is 24.1. The van der Waals surface area contributed by atoms with Gasteiger partial charge in [-0.05, 0) is 37.5 Å². The number of halogens is 1. The molecular weight excluding hydrogens is 420 g/mol. The minimum absolute atomic E-state index is 0.201. The predicted molar refractivity (Wildman–Crippen MR) is 141 cm³/mol. The molecule has 0 aromatic carbocycles. The molecule has 0 rings (SSSR count). The van der Waals surface area contributed by atoms with Crippen LogP contribution in [0.3, 0.4) is 0 Å². The van der Waals surface area contributed by atoms with Crippen molar-refractivity contribution in [2.75, 3.05) is 27.4 Å². The molecule has 194 valence electrons. The van der Waals surface area contributed by atoms with Gasteiger partial charge >= 0.3 is 0 Å². The molecule has 0 bridgehead atoms. The van der Waals surface area contributed by atoms with E-state index in [9.17, 15) is 0 Å². The number of unbranched alkanes of at least 4 members (excludes halogenated alkanes) is 11. The Hall–Kier alpha value is 0.170. The Bertz CT molecular complexity index is 391. The van der Waals surface area contributed by atoms with Crippen molar-refractivity contribution in [2.45, 2.75) is 142 Å². The zero-order valence-corrected chi connectivity index (χ0v) is 23.4. The summed E-state index contributed by atoms with van der Waals surface area (Å²) in [7, 11) is 3.29. The highest BCUT2D eigenvalue weighted by molar-refractivity contribution is 6.22. The van der Waals surface area contributed by atoms with Crippen molar-refractivity contribution in [1.82, 2.24) is 0 Å². The average Bonchev–Trinajstić information content (AvgIpc) is 2.76. The van der Waals surface area contributed by atoms with Crippen molar-refractivity contribution in [2.24, 2.45) is 11.3 Å². The second kappa shape index (κ2) is 20.5. The lowest BCUT2D eigenvalue weighted by Gasteiger charge is -2.32. The van der Waals surface area contributed by atoms with E-state index in [-0.39, 0.29) is 5.92 Å². The van der Waals surface area contributed by atoms with E-state index in [1.165, 1.54) is 89.9 Å². The van der Waals surface area contributed by atoms with E-state index in [2.05, 4.69) is 27.7 Å². The summed E-state index contributed by atoms with van der Waals surface area (Å²) in [5.74, 6) is 0.201. The van der Waals surface area contributed by atoms with E-state index in [1.807, 2.05) is 0 Å². The van der Waals surface area contributed by atoms with E-state index < -0.39 is 5.25 Å². The molecule has 0 spiro atoms. The molecule has 1 unspecified atom stereocenters. The van der Waals surface area contributed by atoms with Gasteiger partial charge in [-0.2, -0.15) is 0 Å². The fourth-order valence-electron chi connectivity index (χ4n) is 4.35. The highest BCUT2D eigenvalue weighted by Gasteiger charge is 2.36. The van der Waals surface area contributed by atoms with Gasteiger partial charge in [-0.15, -0.1) is 0 Å². The minimum atomic E-state index is -1.00. The number of methoxy groups -OCH3 is 2. The van der Waals surface area contributed by atoms with Crippen LogP contribution < -0.4 is 0 Å². The monoisotopic (exact) mass is 476 g/mol. The third-order valence-corrected chi connectivity index (χ3v) is 7.12. The Morgan fingerprint density at radius 3 is 1.66 bits per heavy atom. The van der Waals surface area contributed by atoms with Gasteiger partial charge in [-0.3, -0.25) is 0 Å². The lowest BCUT2D eigenvalue weighted by molar-refractivity contribution is -0.180. The van der Waals surface area contributed by atoms with E-state index in [0.717, 1.165) is 32.5 Å². The Balaban J connectivity index is 3.80. The van der Waals surface area contributed by atoms with Crippen LogP contribution in [-0.2, 0) is 14.2 Å². The number of hydrogen-bond donors (Lipinski definition) is 0. The molecule has 0 aliphatic heterocycles. The fourth-order valence-corrected chi connectivity index (χ4v) is 4.57. The third kappa shape index (κ3) is 18.6. The van der Waals surface area contributed by atoms with E-state index >= 15 is 0 Å². The van der Waals surface area contributed by atoms with E-state index in [0.29, 0.717) is 5.41 Å². The van der Waals surface area contributed by atoms with Crippen molar-refractivity contribution < 1.29 is 14.2 Å². The van der Waals surface area contributed by atoms with Gasteiger partial charge in [0.15, 0.2) is 0 Å². The maximum absolute atomic E-state index is 6.62. The summed E-state index contributed by atoms with van der Waals surface area (Å²) >= 11 is 6.62. The lowest BCUT2D eigenvalue weighted by Crippen LogP contribution is -2.36. The second-order valence-electron chi connectivity index (χ2n) is 10.8. The molecule has 0 saturated heterocycles. The first-order chi connectivity index (χ1) is 15.3. The number of rotatable bonds is 23. The van der Waals surface area contributed by atoms with Gasteiger partial charge in [-0.1, -0.05) is 116 Å². The molecule has 0 N–H and O–H groups in total. The van der Waals surface area contributed by atoms with Gasteiger partial charge in [0.2, 0.25) is 0 Å². The van der Waals surface area contributed by atoms with Crippen molar-refractivity contribution in [3.05, 3.63) is 0 Å². The third-order valence-electron chi connectivity index (χ3n) is 6.51. The molecule has 1 atom stereocenters. The van der Waals surface area contributed by atoms with Crippen LogP contribution in [0.25, 0.3) is 0 Å². The topological polar surface area (TPSA) is 27.7 Å². The molecule has 0 heterocycles. The first kappa shape index (κ1) is 32.2. The average molecular weight is 477 g/mol. The molecular formula is C28H57ClO3. The Morgan fingerprint density at radius 1 is 0.625 bits per heavy atom. The molecule has 0 radical (unpaired) electrons. The van der Waals surface area contributed by atoms with Crippen LogP contribution in [0.5, 0.6) is 0 Å². The normalized spacial score (nSPS) is 13.6. The van der Waals surface area contributed by atoms with Crippen LogP contribution in [0.2, 0.25) is 0 Å². The first-order valence-corrected chi connectivity index (χ1v) is 14.0. The largest absolute Gasteiger partial charge is 0.381 e. The number of ether oxygens (including phenoxy) is 3. The van der Waals surface area contributed by atoms with Crippen LogP contribution in [-0.4, -0.2) is 32.7 Å². The van der Waals surface area contributed by atoms with Gasteiger partial charge in [0, 0.05) is 33.4 Å². The van der Waals surface area contributed by atoms with Crippen LogP contribution in [0, 0.1) is 11.3 Å². The van der Waals surface area contributed by atoms with Gasteiger partial charge in [0.1, 0.15) is 0 Å². The summed E-state index contributed by atoms with van der Waals surface area (Å²) in [6, 6.07) is 0. The summed E-state index contributed by atoms with van der Waals surface area (Å²) < 4.78 is 16.9. The van der Waals surface area contributed by atoms with Crippen molar-refractivity contribution >= 4 is 11.6 Å². The highest BCUT2D eigenvalue weighted by Crippen LogP contribution is 2.35. The molecule has 3 nitrogen and oxygen atoms in total. The maximum Gasteiger partial charge on any atom is 0.250 e. The molecule has 0 aromatic rings. The summed E-state index contributed by atoms with van der Waals surface area (Å²) in [5.41, 5.74) is 0.490. The second-order valence-corrected chi connectivity index (χ2v) is 11.3. The SMILES string of the molecule is CCCCCCCCC(CCCOCCCCCCCCCC(C)(C)C)C(Cl)(OC)OC. The molecule has 0 saturated carbocycles. The van der Waals surface area contributed by atoms with Gasteiger partial charge in [0.05, 0.1) is 0 Å². The minimum Gasteiger partial charge on any atom is -0.381 e. The summed E-state index contributed by atoms with van der Waals surface area (Å²) in [5, 5.41) is -1.00. The smallest absolute Gasteiger partial charge is 0.250 e. The zero-order valence-electron chi connectivity index (χ0n) is 22.6. The predicted octanol–water partition coefficient (Wildman–Crippen LogP) is 9.50. The number of hydrogen-bond acceptors (Lipinski definition) is 3. The van der Waals surface area contributed by atoms with Crippen LogP contribution >= 0.6 is 11.6 Å². The molecule has 0 aliphatic rings. The van der Waals surface area contributed by atoms with Crippen LogP contribution in [0.1, 0.15) is 137 Å². The summed E-state index contributed by atoms with van der Waals surface area (Å²) in [6.07, 6.45) is 21.5. The van der Waals surface area contributed by atoms with Crippen molar-refractivity contribution in [3.63, 3.8) is 0 Å². The van der Waals surface area contributed by atoms with Gasteiger partial charge in [0.25, 0.3) is 5.25 Å². The highest BCUT2D eigenvalue weighted by atomic mass is 35.5.